The molecule has 4 atom stereocenters. The fourth-order valence-corrected chi connectivity index (χ4v) is 3.25. The number of imidazole rings is 1. The van der Waals surface area contributed by atoms with Crippen LogP contribution in [-0.2, 0) is 14.2 Å². The lowest BCUT2D eigenvalue weighted by molar-refractivity contribution is -0.199. The van der Waals surface area contributed by atoms with Crippen LogP contribution in [0.15, 0.2) is 12.7 Å². The highest BCUT2D eigenvalue weighted by molar-refractivity contribution is 5.82. The van der Waals surface area contributed by atoms with Crippen LogP contribution in [0, 0.1) is 0 Å². The Hall–Kier alpha value is -1.81. The van der Waals surface area contributed by atoms with Gasteiger partial charge in [-0.05, 0) is 13.8 Å². The first kappa shape index (κ1) is 14.8. The van der Waals surface area contributed by atoms with Gasteiger partial charge in [0.15, 0.2) is 23.5 Å². The highest BCUT2D eigenvalue weighted by Crippen LogP contribution is 2.43. The average Bonchev–Trinajstić information content (AvgIpc) is 3.17. The van der Waals surface area contributed by atoms with Crippen LogP contribution >= 0.6 is 0 Å². The van der Waals surface area contributed by atoms with Gasteiger partial charge in [0, 0.05) is 7.05 Å². The van der Waals surface area contributed by atoms with Gasteiger partial charge < -0.3 is 24.6 Å². The predicted molar refractivity (Wildman–Crippen MR) is 79.7 cm³/mol. The van der Waals surface area contributed by atoms with E-state index in [2.05, 4.69) is 20.3 Å². The number of rotatable bonds is 3. The van der Waals surface area contributed by atoms with E-state index in [9.17, 15) is 5.11 Å². The number of aliphatic hydroxyl groups is 1. The minimum atomic E-state index is -0.716. The summed E-state index contributed by atoms with van der Waals surface area (Å²) >= 11 is 0. The Morgan fingerprint density at radius 2 is 2.04 bits per heavy atom. The summed E-state index contributed by atoms with van der Waals surface area (Å²) in [6, 6.07) is 0. The van der Waals surface area contributed by atoms with E-state index in [1.165, 1.54) is 6.33 Å². The monoisotopic (exact) mass is 321 g/mol. The molecule has 124 valence electrons. The zero-order valence-corrected chi connectivity index (χ0v) is 13.1. The maximum absolute atomic E-state index is 9.57. The third-order valence-corrected chi connectivity index (χ3v) is 4.17. The largest absolute Gasteiger partial charge is 0.394 e. The van der Waals surface area contributed by atoms with Gasteiger partial charge in [-0.1, -0.05) is 0 Å². The molecule has 0 amide bonds. The number of aliphatic hydroxyl groups excluding tert-OH is 1. The van der Waals surface area contributed by atoms with E-state index in [1.54, 1.807) is 17.9 Å². The summed E-state index contributed by atoms with van der Waals surface area (Å²) in [6.07, 6.45) is 1.53. The van der Waals surface area contributed by atoms with Crippen LogP contribution in [0.3, 0.4) is 0 Å². The molecule has 23 heavy (non-hydrogen) atoms. The Balaban J connectivity index is 1.76. The molecule has 2 N–H and O–H groups in total. The average molecular weight is 321 g/mol. The third-order valence-electron chi connectivity index (χ3n) is 4.17. The lowest BCUT2D eigenvalue weighted by atomic mass is 10.1. The van der Waals surface area contributed by atoms with Crippen molar-refractivity contribution in [2.75, 3.05) is 19.0 Å². The molecule has 0 spiro atoms. The molecule has 0 aromatic carbocycles. The van der Waals surface area contributed by atoms with Crippen LogP contribution < -0.4 is 5.32 Å². The topological polar surface area (TPSA) is 104 Å². The van der Waals surface area contributed by atoms with Crippen molar-refractivity contribution in [2.45, 2.75) is 44.2 Å². The van der Waals surface area contributed by atoms with Crippen LogP contribution in [-0.4, -0.2) is 62.4 Å². The van der Waals surface area contributed by atoms with Gasteiger partial charge in [-0.2, -0.15) is 0 Å². The fraction of sp³-hybridized carbons (Fsp3) is 0.643. The first-order valence-corrected chi connectivity index (χ1v) is 7.51. The summed E-state index contributed by atoms with van der Waals surface area (Å²) < 4.78 is 19.6. The van der Waals surface area contributed by atoms with Gasteiger partial charge in [-0.3, -0.25) is 4.57 Å². The van der Waals surface area contributed by atoms with Crippen molar-refractivity contribution in [1.29, 1.82) is 0 Å². The lowest BCUT2D eigenvalue weighted by Crippen LogP contribution is -2.31. The molecule has 2 aliphatic rings. The fourth-order valence-electron chi connectivity index (χ4n) is 3.25. The summed E-state index contributed by atoms with van der Waals surface area (Å²) in [4.78, 5) is 12.8. The molecule has 9 heteroatoms. The Bertz CT molecular complexity index is 733. The van der Waals surface area contributed by atoms with Gasteiger partial charge in [-0.25, -0.2) is 15.0 Å². The minimum absolute atomic E-state index is 0.138. The quantitative estimate of drug-likeness (QED) is 0.831. The van der Waals surface area contributed by atoms with E-state index < -0.39 is 18.1 Å². The van der Waals surface area contributed by atoms with Gasteiger partial charge in [0.2, 0.25) is 0 Å². The molecule has 0 saturated carbocycles. The van der Waals surface area contributed by atoms with Crippen LogP contribution in [0.2, 0.25) is 0 Å². The summed E-state index contributed by atoms with van der Waals surface area (Å²) in [5, 5.41) is 12.6. The van der Waals surface area contributed by atoms with Gasteiger partial charge in [0.05, 0.1) is 12.9 Å². The number of hydrogen-bond donors (Lipinski definition) is 2. The Labute approximate surface area is 132 Å². The van der Waals surface area contributed by atoms with E-state index in [0.29, 0.717) is 17.0 Å². The summed E-state index contributed by atoms with van der Waals surface area (Å²) in [5.41, 5.74) is 1.29. The first-order valence-electron chi connectivity index (χ1n) is 7.51. The van der Waals surface area contributed by atoms with Crippen molar-refractivity contribution in [3.05, 3.63) is 12.7 Å². The van der Waals surface area contributed by atoms with Gasteiger partial charge in [0.1, 0.15) is 30.2 Å². The zero-order chi connectivity index (χ0) is 16.2. The Morgan fingerprint density at radius 1 is 1.26 bits per heavy atom. The highest BCUT2D eigenvalue weighted by atomic mass is 16.8. The van der Waals surface area contributed by atoms with E-state index in [1.807, 2.05) is 13.8 Å². The summed E-state index contributed by atoms with van der Waals surface area (Å²) in [6.45, 7) is 3.56. The van der Waals surface area contributed by atoms with Crippen LogP contribution in [0.4, 0.5) is 5.82 Å². The van der Waals surface area contributed by atoms with Gasteiger partial charge in [-0.15, -0.1) is 0 Å². The molecule has 2 fully saturated rings. The Morgan fingerprint density at radius 3 is 2.78 bits per heavy atom. The number of hydrogen-bond acceptors (Lipinski definition) is 8. The van der Waals surface area contributed by atoms with Crippen LogP contribution in [0.25, 0.3) is 11.2 Å². The zero-order valence-electron chi connectivity index (χ0n) is 13.1. The van der Waals surface area contributed by atoms with Crippen molar-refractivity contribution in [3.8, 4) is 0 Å². The van der Waals surface area contributed by atoms with Crippen molar-refractivity contribution >= 4 is 17.0 Å². The summed E-state index contributed by atoms with van der Waals surface area (Å²) in [5.74, 6) is -0.0716. The number of aromatic nitrogens is 4. The van der Waals surface area contributed by atoms with E-state index >= 15 is 0 Å². The van der Waals surface area contributed by atoms with Crippen LogP contribution in [0.1, 0.15) is 20.1 Å². The SMILES string of the molecule is CNc1ncnc2c1ncn2[C@@H]1O[C@H](CO)[C@H]2OC(C)(C)O[C@H]21. The second-order valence-electron chi connectivity index (χ2n) is 6.11. The van der Waals surface area contributed by atoms with Gasteiger partial charge >= 0.3 is 0 Å². The maximum Gasteiger partial charge on any atom is 0.167 e. The second-order valence-corrected chi connectivity index (χ2v) is 6.11. The molecule has 0 radical (unpaired) electrons. The number of ether oxygens (including phenoxy) is 3. The molecule has 9 nitrogen and oxygen atoms in total. The first-order chi connectivity index (χ1) is 11.0. The predicted octanol–water partition coefficient (Wildman–Crippen LogP) is 0.278. The highest BCUT2D eigenvalue weighted by Gasteiger charge is 2.55. The number of fused-ring (bicyclic) bond motifs is 2. The molecule has 4 heterocycles. The van der Waals surface area contributed by atoms with Crippen molar-refractivity contribution in [3.63, 3.8) is 0 Å². The second kappa shape index (κ2) is 5.10. The third kappa shape index (κ3) is 2.19. The molecule has 4 rings (SSSR count). The number of nitrogens with zero attached hydrogens (tertiary/aromatic N) is 4. The normalized spacial score (nSPS) is 32.3. The molecule has 0 aliphatic carbocycles. The van der Waals surface area contributed by atoms with Crippen molar-refractivity contribution in [1.82, 2.24) is 19.5 Å². The molecular formula is C14H19N5O4. The minimum Gasteiger partial charge on any atom is -0.394 e. The lowest BCUT2D eigenvalue weighted by Gasteiger charge is -2.24. The Kier molecular flexibility index (Phi) is 3.27. The maximum atomic E-state index is 9.57. The molecule has 0 unspecified atom stereocenters. The van der Waals surface area contributed by atoms with Gasteiger partial charge in [0.25, 0.3) is 0 Å². The molecular weight excluding hydrogens is 302 g/mol. The summed E-state index contributed by atoms with van der Waals surface area (Å²) in [7, 11) is 1.78. The number of nitrogens with one attached hydrogen (secondary N) is 1. The van der Waals surface area contributed by atoms with Crippen LogP contribution in [0.5, 0.6) is 0 Å². The van der Waals surface area contributed by atoms with E-state index in [0.717, 1.165) is 0 Å². The standard InChI is InChI=1S/C14H19N5O4/c1-14(2)22-9-7(4-20)21-13(10(9)23-14)19-6-18-8-11(15-3)16-5-17-12(8)19/h5-7,9-10,13,20H,4H2,1-3H3,(H,15,16,17)/t7-,9-,10-,13-/m1/s1. The van der Waals surface area contributed by atoms with E-state index in [4.69, 9.17) is 14.2 Å². The molecule has 2 saturated heterocycles. The van der Waals surface area contributed by atoms with Crippen molar-refractivity contribution in [2.24, 2.45) is 0 Å². The smallest absolute Gasteiger partial charge is 0.167 e. The van der Waals surface area contributed by atoms with E-state index in [-0.39, 0.29) is 18.8 Å². The molecule has 2 aromatic rings. The molecule has 0 bridgehead atoms. The molecule has 2 aromatic heterocycles. The molecule has 2 aliphatic heterocycles. The number of anilines is 1. The van der Waals surface area contributed by atoms with Crippen molar-refractivity contribution < 1.29 is 19.3 Å².